The van der Waals surface area contributed by atoms with Crippen LogP contribution in [0.25, 0.3) is 11.4 Å². The molecule has 2 aromatic heterocycles. The van der Waals surface area contributed by atoms with E-state index in [1.165, 1.54) is 35.9 Å². The van der Waals surface area contributed by atoms with Gasteiger partial charge in [-0.2, -0.15) is 0 Å². The molecule has 0 spiro atoms. The van der Waals surface area contributed by atoms with Crippen molar-refractivity contribution < 1.29 is 4.79 Å². The Labute approximate surface area is 163 Å². The number of aryl methyl sites for hydroxylation is 2. The fourth-order valence-electron chi connectivity index (χ4n) is 3.50. The highest BCUT2D eigenvalue weighted by atomic mass is 32.2. The van der Waals surface area contributed by atoms with Crippen molar-refractivity contribution in [2.45, 2.75) is 51.2 Å². The number of carbonyl (C=O) groups excluding carboxylic acids is 1. The summed E-state index contributed by atoms with van der Waals surface area (Å²) in [6.07, 6.45) is 3.46. The lowest BCUT2D eigenvalue weighted by Crippen LogP contribution is -2.06. The van der Waals surface area contributed by atoms with Gasteiger partial charge in [0.15, 0.2) is 11.6 Å². The van der Waals surface area contributed by atoms with Crippen LogP contribution in [0.3, 0.4) is 0 Å². The molecule has 0 saturated heterocycles. The van der Waals surface area contributed by atoms with Crippen LogP contribution in [0.1, 0.15) is 53.1 Å². The number of carbonyl (C=O) groups is 1. The number of ketones is 1. The minimum Gasteiger partial charge on any atom is -0.345 e. The van der Waals surface area contributed by atoms with Crippen molar-refractivity contribution in [1.29, 1.82) is 0 Å². The van der Waals surface area contributed by atoms with Gasteiger partial charge in [-0.3, -0.25) is 9.89 Å². The van der Waals surface area contributed by atoms with Gasteiger partial charge in [0, 0.05) is 28.6 Å². The number of nitrogens with one attached hydrogen (secondary N) is 1. The summed E-state index contributed by atoms with van der Waals surface area (Å²) in [6, 6.07) is 10.9. The van der Waals surface area contributed by atoms with Gasteiger partial charge in [0.2, 0.25) is 5.16 Å². The van der Waals surface area contributed by atoms with E-state index in [1.54, 1.807) is 0 Å². The number of H-pyrrole nitrogens is 1. The number of hydrogen-bond acceptors (Lipinski definition) is 4. The maximum atomic E-state index is 12.7. The fourth-order valence-corrected chi connectivity index (χ4v) is 4.18. The topological polar surface area (TPSA) is 63.6 Å². The fraction of sp³-hybridized carbons (Fsp3) is 0.381. The minimum atomic E-state index is 0.138. The van der Waals surface area contributed by atoms with Gasteiger partial charge in [-0.25, -0.2) is 4.98 Å². The molecule has 5 nitrogen and oxygen atoms in total. The molecule has 3 aromatic rings. The summed E-state index contributed by atoms with van der Waals surface area (Å²) in [7, 11) is 0. The van der Waals surface area contributed by atoms with Gasteiger partial charge in [-0.05, 0) is 44.7 Å². The molecule has 6 heteroatoms. The molecule has 1 N–H and O–H groups in total. The summed E-state index contributed by atoms with van der Waals surface area (Å²) < 4.78 is 2.31. The molecule has 1 aliphatic rings. The molecule has 2 heterocycles. The number of aromatic nitrogens is 4. The summed E-state index contributed by atoms with van der Waals surface area (Å²) in [5.41, 5.74) is 5.40. The van der Waals surface area contributed by atoms with Gasteiger partial charge in [-0.1, -0.05) is 43.0 Å². The van der Waals surface area contributed by atoms with Gasteiger partial charge in [-0.15, -0.1) is 5.10 Å². The first-order valence-electron chi connectivity index (χ1n) is 9.43. The molecule has 0 bridgehead atoms. The summed E-state index contributed by atoms with van der Waals surface area (Å²) in [4.78, 5) is 17.2. The normalized spacial score (nSPS) is 13.9. The van der Waals surface area contributed by atoms with Gasteiger partial charge < -0.3 is 4.57 Å². The third kappa shape index (κ3) is 3.72. The molecule has 1 aromatic carbocycles. The first-order valence-corrected chi connectivity index (χ1v) is 10.4. The number of nitrogens with zero attached hydrogens (tertiary/aromatic N) is 3. The van der Waals surface area contributed by atoms with Gasteiger partial charge in [0.25, 0.3) is 0 Å². The zero-order valence-electron chi connectivity index (χ0n) is 16.0. The van der Waals surface area contributed by atoms with Crippen molar-refractivity contribution in [2.75, 3.05) is 5.75 Å². The quantitative estimate of drug-likeness (QED) is 0.474. The molecule has 0 radical (unpaired) electrons. The van der Waals surface area contributed by atoms with Crippen LogP contribution in [-0.4, -0.2) is 31.3 Å². The van der Waals surface area contributed by atoms with Gasteiger partial charge in [0.1, 0.15) is 0 Å². The SMILES string of the molecule is CCc1ccc(-c2nc(SCC(=O)c3cc(C)n(C4CC4)c3C)n[nH]2)cc1. The van der Waals surface area contributed by atoms with Crippen molar-refractivity contribution >= 4 is 17.5 Å². The average Bonchev–Trinajstić information content (AvgIpc) is 3.31. The first kappa shape index (κ1) is 18.0. The molecule has 1 aliphatic carbocycles. The lowest BCUT2D eigenvalue weighted by molar-refractivity contribution is 0.102. The molecule has 1 fully saturated rings. The summed E-state index contributed by atoms with van der Waals surface area (Å²) in [6.45, 7) is 6.27. The van der Waals surface area contributed by atoms with Crippen molar-refractivity contribution in [3.05, 3.63) is 52.8 Å². The van der Waals surface area contributed by atoms with Crippen LogP contribution in [0.15, 0.2) is 35.5 Å². The Kier molecular flexibility index (Phi) is 4.91. The third-order valence-electron chi connectivity index (χ3n) is 5.13. The highest BCUT2D eigenvalue weighted by Crippen LogP contribution is 2.38. The Bertz CT molecular complexity index is 967. The lowest BCUT2D eigenvalue weighted by Gasteiger charge is -2.07. The lowest BCUT2D eigenvalue weighted by atomic mass is 10.1. The molecule has 0 aliphatic heterocycles. The van der Waals surface area contributed by atoms with E-state index in [9.17, 15) is 4.79 Å². The number of thioether (sulfide) groups is 1. The van der Waals surface area contributed by atoms with Crippen molar-refractivity contribution in [1.82, 2.24) is 19.7 Å². The second-order valence-corrected chi connectivity index (χ2v) is 8.06. The smallest absolute Gasteiger partial charge is 0.209 e. The predicted octanol–water partition coefficient (Wildman–Crippen LogP) is 4.76. The van der Waals surface area contributed by atoms with Crippen LogP contribution in [0.4, 0.5) is 0 Å². The Balaban J connectivity index is 1.42. The molecule has 0 atom stereocenters. The maximum absolute atomic E-state index is 12.7. The number of rotatable bonds is 7. The zero-order chi connectivity index (χ0) is 19.0. The number of benzene rings is 1. The Hall–Kier alpha value is -2.34. The van der Waals surface area contributed by atoms with Crippen LogP contribution in [-0.2, 0) is 6.42 Å². The summed E-state index contributed by atoms with van der Waals surface area (Å²) in [5.74, 6) is 1.22. The van der Waals surface area contributed by atoms with Crippen LogP contribution in [0.2, 0.25) is 0 Å². The monoisotopic (exact) mass is 380 g/mol. The van der Waals surface area contributed by atoms with E-state index >= 15 is 0 Å². The molecule has 1 saturated carbocycles. The minimum absolute atomic E-state index is 0.138. The Morgan fingerprint density at radius 2 is 2.00 bits per heavy atom. The van der Waals surface area contributed by atoms with Crippen molar-refractivity contribution in [2.24, 2.45) is 0 Å². The van der Waals surface area contributed by atoms with E-state index in [-0.39, 0.29) is 5.78 Å². The average molecular weight is 381 g/mol. The van der Waals surface area contributed by atoms with Gasteiger partial charge in [0.05, 0.1) is 5.75 Å². The predicted molar refractivity (Wildman–Crippen MR) is 108 cm³/mol. The molecule has 4 rings (SSSR count). The van der Waals surface area contributed by atoms with E-state index in [0.717, 1.165) is 29.1 Å². The van der Waals surface area contributed by atoms with Crippen LogP contribution in [0, 0.1) is 13.8 Å². The first-order chi connectivity index (χ1) is 13.1. The molecular weight excluding hydrogens is 356 g/mol. The largest absolute Gasteiger partial charge is 0.345 e. The summed E-state index contributed by atoms with van der Waals surface area (Å²) >= 11 is 1.38. The zero-order valence-corrected chi connectivity index (χ0v) is 16.8. The van der Waals surface area contributed by atoms with Crippen molar-refractivity contribution in [3.63, 3.8) is 0 Å². The van der Waals surface area contributed by atoms with E-state index in [2.05, 4.69) is 45.7 Å². The number of aromatic amines is 1. The Morgan fingerprint density at radius 3 is 2.67 bits per heavy atom. The Morgan fingerprint density at radius 1 is 1.26 bits per heavy atom. The van der Waals surface area contributed by atoms with Crippen LogP contribution in [0.5, 0.6) is 0 Å². The molecule has 27 heavy (non-hydrogen) atoms. The highest BCUT2D eigenvalue weighted by Gasteiger charge is 2.28. The van der Waals surface area contributed by atoms with E-state index < -0.39 is 0 Å². The third-order valence-corrected chi connectivity index (χ3v) is 5.98. The number of hydrogen-bond donors (Lipinski definition) is 1. The standard InChI is InChI=1S/C21H24N4OS/c1-4-15-5-7-16(8-6-15)20-22-21(24-23-20)27-12-19(26)18-11-13(2)25(14(18)3)17-9-10-17/h5-8,11,17H,4,9-10,12H2,1-3H3,(H,22,23,24). The molecule has 140 valence electrons. The maximum Gasteiger partial charge on any atom is 0.209 e. The van der Waals surface area contributed by atoms with E-state index in [4.69, 9.17) is 0 Å². The molecular formula is C21H24N4OS. The second kappa shape index (κ2) is 7.35. The number of Topliss-reactive ketones (excluding diaryl/α,β-unsaturated/α-hetero) is 1. The van der Waals surface area contributed by atoms with E-state index in [0.29, 0.717) is 17.0 Å². The van der Waals surface area contributed by atoms with E-state index in [1.807, 2.05) is 25.1 Å². The summed E-state index contributed by atoms with van der Waals surface area (Å²) in [5, 5.41) is 7.83. The second-order valence-electron chi connectivity index (χ2n) is 7.11. The van der Waals surface area contributed by atoms with Crippen LogP contribution < -0.4 is 0 Å². The molecule has 0 unspecified atom stereocenters. The van der Waals surface area contributed by atoms with Crippen molar-refractivity contribution in [3.8, 4) is 11.4 Å². The van der Waals surface area contributed by atoms with Gasteiger partial charge >= 0.3 is 0 Å². The van der Waals surface area contributed by atoms with Crippen LogP contribution >= 0.6 is 11.8 Å². The highest BCUT2D eigenvalue weighted by molar-refractivity contribution is 7.99. The molecule has 0 amide bonds.